The maximum absolute atomic E-state index is 12.9. The van der Waals surface area contributed by atoms with Gasteiger partial charge in [0.25, 0.3) is 0 Å². The Morgan fingerprint density at radius 2 is 1.81 bits per heavy atom. The van der Waals surface area contributed by atoms with Gasteiger partial charge < -0.3 is 10.0 Å². The number of hydrogen-bond donors (Lipinski definition) is 1. The lowest BCUT2D eigenvalue weighted by molar-refractivity contribution is -0.150. The molecule has 2 aliphatic carbocycles. The number of allylic oxidation sites excluding steroid dienone is 2. The second kappa shape index (κ2) is 5.15. The van der Waals surface area contributed by atoms with Crippen molar-refractivity contribution in [1.82, 2.24) is 4.90 Å². The molecule has 4 heteroatoms. The SMILES string of the molecule is CCC1(CC)CCN(C(=O)[C@H]2C3C=CC(C3)[C@H]2C(=O)O)C1. The van der Waals surface area contributed by atoms with Crippen molar-refractivity contribution in [3.63, 3.8) is 0 Å². The fraction of sp³-hybridized carbons (Fsp3) is 0.765. The summed E-state index contributed by atoms with van der Waals surface area (Å²) < 4.78 is 0. The molecule has 2 fully saturated rings. The first-order valence-electron chi connectivity index (χ1n) is 8.21. The van der Waals surface area contributed by atoms with E-state index in [2.05, 4.69) is 19.9 Å². The Kier molecular flexibility index (Phi) is 3.58. The Bertz CT molecular complexity index is 480. The molecule has 4 atom stereocenters. The number of likely N-dealkylation sites (tertiary alicyclic amines) is 1. The highest BCUT2D eigenvalue weighted by Crippen LogP contribution is 2.49. The van der Waals surface area contributed by atoms with E-state index < -0.39 is 11.9 Å². The zero-order chi connectivity index (χ0) is 15.2. The predicted octanol–water partition coefficient (Wildman–Crippen LogP) is 2.55. The first-order chi connectivity index (χ1) is 10.0. The van der Waals surface area contributed by atoms with Crippen LogP contribution < -0.4 is 0 Å². The molecule has 0 radical (unpaired) electrons. The number of amides is 1. The van der Waals surface area contributed by atoms with E-state index in [9.17, 15) is 14.7 Å². The van der Waals surface area contributed by atoms with Crippen molar-refractivity contribution in [2.45, 2.75) is 39.5 Å². The van der Waals surface area contributed by atoms with Crippen molar-refractivity contribution >= 4 is 11.9 Å². The van der Waals surface area contributed by atoms with Crippen LogP contribution in [-0.4, -0.2) is 35.0 Å². The third-order valence-electron chi connectivity index (χ3n) is 6.28. The fourth-order valence-corrected chi connectivity index (χ4v) is 4.66. The molecule has 0 aromatic carbocycles. The van der Waals surface area contributed by atoms with E-state index in [1.54, 1.807) is 0 Å². The lowest BCUT2D eigenvalue weighted by atomic mass is 9.81. The molecule has 3 rings (SSSR count). The Morgan fingerprint density at radius 1 is 1.19 bits per heavy atom. The molecule has 0 aromatic rings. The molecule has 3 aliphatic rings. The number of carbonyl (C=O) groups excluding carboxylic acids is 1. The number of carbonyl (C=O) groups is 2. The molecule has 1 heterocycles. The Hall–Kier alpha value is -1.32. The molecule has 4 nitrogen and oxygen atoms in total. The summed E-state index contributed by atoms with van der Waals surface area (Å²) in [7, 11) is 0. The van der Waals surface area contributed by atoms with E-state index in [0.29, 0.717) is 0 Å². The van der Waals surface area contributed by atoms with Crippen molar-refractivity contribution in [2.75, 3.05) is 13.1 Å². The molecule has 0 aromatic heterocycles. The molecule has 1 aliphatic heterocycles. The maximum atomic E-state index is 12.9. The molecule has 0 spiro atoms. The highest BCUT2D eigenvalue weighted by atomic mass is 16.4. The van der Waals surface area contributed by atoms with Gasteiger partial charge in [-0.1, -0.05) is 26.0 Å². The van der Waals surface area contributed by atoms with Gasteiger partial charge in [0.05, 0.1) is 11.8 Å². The van der Waals surface area contributed by atoms with Gasteiger partial charge in [0.2, 0.25) is 5.91 Å². The van der Waals surface area contributed by atoms with Gasteiger partial charge in [-0.3, -0.25) is 9.59 Å². The number of hydrogen-bond acceptors (Lipinski definition) is 2. The van der Waals surface area contributed by atoms with E-state index in [-0.39, 0.29) is 29.1 Å². The Morgan fingerprint density at radius 3 is 2.33 bits per heavy atom. The molecule has 116 valence electrons. The minimum Gasteiger partial charge on any atom is -0.481 e. The normalized spacial score (nSPS) is 36.4. The predicted molar refractivity (Wildman–Crippen MR) is 79.6 cm³/mol. The van der Waals surface area contributed by atoms with Crippen LogP contribution in [0.25, 0.3) is 0 Å². The number of aliphatic carboxylic acids is 1. The summed E-state index contributed by atoms with van der Waals surface area (Å²) in [4.78, 5) is 26.4. The lowest BCUT2D eigenvalue weighted by Gasteiger charge is -2.30. The van der Waals surface area contributed by atoms with Crippen LogP contribution in [0.4, 0.5) is 0 Å². The van der Waals surface area contributed by atoms with Crippen LogP contribution in [0.3, 0.4) is 0 Å². The monoisotopic (exact) mass is 291 g/mol. The topological polar surface area (TPSA) is 57.6 Å². The van der Waals surface area contributed by atoms with Crippen molar-refractivity contribution in [3.8, 4) is 0 Å². The largest absolute Gasteiger partial charge is 0.481 e. The number of carboxylic acid groups (broad SMARTS) is 1. The van der Waals surface area contributed by atoms with Crippen LogP contribution in [0.15, 0.2) is 12.2 Å². The van der Waals surface area contributed by atoms with Crippen molar-refractivity contribution in [1.29, 1.82) is 0 Å². The van der Waals surface area contributed by atoms with E-state index in [1.165, 1.54) is 0 Å². The lowest BCUT2D eigenvalue weighted by Crippen LogP contribution is -2.42. The second-order valence-corrected chi connectivity index (χ2v) is 7.06. The van der Waals surface area contributed by atoms with Gasteiger partial charge in [0.1, 0.15) is 0 Å². The van der Waals surface area contributed by atoms with Crippen LogP contribution in [0.2, 0.25) is 0 Å². The van der Waals surface area contributed by atoms with Gasteiger partial charge in [-0.2, -0.15) is 0 Å². The summed E-state index contributed by atoms with van der Waals surface area (Å²) in [6.07, 6.45) is 8.14. The quantitative estimate of drug-likeness (QED) is 0.810. The number of fused-ring (bicyclic) bond motifs is 2. The summed E-state index contributed by atoms with van der Waals surface area (Å²) in [5.74, 6) is -1.36. The summed E-state index contributed by atoms with van der Waals surface area (Å²) in [6, 6.07) is 0. The summed E-state index contributed by atoms with van der Waals surface area (Å²) >= 11 is 0. The molecule has 21 heavy (non-hydrogen) atoms. The first kappa shape index (κ1) is 14.6. The zero-order valence-electron chi connectivity index (χ0n) is 12.9. The third kappa shape index (κ3) is 2.19. The standard InChI is InChI=1S/C17H25NO3/c1-3-17(4-2)7-8-18(10-17)15(19)13-11-5-6-12(9-11)14(13)16(20)21/h5-6,11-14H,3-4,7-10H2,1-2H3,(H,20,21)/t11?,12?,13-,14+/m0/s1. The molecule has 1 saturated heterocycles. The maximum Gasteiger partial charge on any atom is 0.307 e. The van der Waals surface area contributed by atoms with Crippen LogP contribution in [0, 0.1) is 29.1 Å². The van der Waals surface area contributed by atoms with Gasteiger partial charge in [-0.25, -0.2) is 0 Å². The Labute approximate surface area is 126 Å². The molecule has 2 bridgehead atoms. The number of carboxylic acids is 1. The van der Waals surface area contributed by atoms with Crippen LogP contribution >= 0.6 is 0 Å². The van der Waals surface area contributed by atoms with Gasteiger partial charge >= 0.3 is 5.97 Å². The molecule has 1 N–H and O–H groups in total. The molecule has 1 saturated carbocycles. The number of rotatable bonds is 4. The van der Waals surface area contributed by atoms with E-state index in [1.807, 2.05) is 11.0 Å². The highest BCUT2D eigenvalue weighted by Gasteiger charge is 2.53. The molecule has 2 unspecified atom stereocenters. The average molecular weight is 291 g/mol. The Balaban J connectivity index is 1.77. The van der Waals surface area contributed by atoms with Crippen molar-refractivity contribution < 1.29 is 14.7 Å². The van der Waals surface area contributed by atoms with E-state index in [0.717, 1.165) is 38.8 Å². The van der Waals surface area contributed by atoms with E-state index >= 15 is 0 Å². The minimum atomic E-state index is -0.804. The van der Waals surface area contributed by atoms with Gasteiger partial charge in [-0.05, 0) is 42.9 Å². The van der Waals surface area contributed by atoms with Gasteiger partial charge in [0, 0.05) is 13.1 Å². The smallest absolute Gasteiger partial charge is 0.307 e. The van der Waals surface area contributed by atoms with Crippen LogP contribution in [0.5, 0.6) is 0 Å². The van der Waals surface area contributed by atoms with Crippen molar-refractivity contribution in [2.24, 2.45) is 29.1 Å². The van der Waals surface area contributed by atoms with Gasteiger partial charge in [0.15, 0.2) is 0 Å². The first-order valence-corrected chi connectivity index (χ1v) is 8.21. The van der Waals surface area contributed by atoms with Crippen LogP contribution in [-0.2, 0) is 9.59 Å². The summed E-state index contributed by atoms with van der Waals surface area (Å²) in [5.41, 5.74) is 0.252. The third-order valence-corrected chi connectivity index (χ3v) is 6.28. The second-order valence-electron chi connectivity index (χ2n) is 7.06. The average Bonchev–Trinajstić information content (AvgIpc) is 3.19. The summed E-state index contributed by atoms with van der Waals surface area (Å²) in [6.45, 7) is 5.99. The van der Waals surface area contributed by atoms with Gasteiger partial charge in [-0.15, -0.1) is 0 Å². The fourth-order valence-electron chi connectivity index (χ4n) is 4.66. The zero-order valence-corrected chi connectivity index (χ0v) is 12.9. The minimum absolute atomic E-state index is 0.0613. The van der Waals surface area contributed by atoms with E-state index in [4.69, 9.17) is 0 Å². The molecule has 1 amide bonds. The number of nitrogens with zero attached hydrogens (tertiary/aromatic N) is 1. The summed E-state index contributed by atoms with van der Waals surface area (Å²) in [5, 5.41) is 9.49. The van der Waals surface area contributed by atoms with Crippen molar-refractivity contribution in [3.05, 3.63) is 12.2 Å². The molecular weight excluding hydrogens is 266 g/mol. The highest BCUT2D eigenvalue weighted by molar-refractivity contribution is 5.87. The van der Waals surface area contributed by atoms with Crippen LogP contribution in [0.1, 0.15) is 39.5 Å². The molecular formula is C17H25NO3.